The van der Waals surface area contributed by atoms with Crippen LogP contribution in [0.3, 0.4) is 0 Å². The number of para-hydroxylation sites is 1. The van der Waals surface area contributed by atoms with Crippen LogP contribution in [0.15, 0.2) is 42.5 Å². The zero-order chi connectivity index (χ0) is 18.2. The number of nitrogens with one attached hydrogen (secondary N) is 2. The van der Waals surface area contributed by atoms with E-state index < -0.39 is 0 Å². The Kier molecular flexibility index (Phi) is 6.57. The number of anilines is 2. The molecule has 0 saturated heterocycles. The van der Waals surface area contributed by atoms with E-state index in [1.807, 2.05) is 32.0 Å². The van der Waals surface area contributed by atoms with Crippen molar-refractivity contribution in [3.8, 4) is 5.75 Å². The number of amides is 2. The maximum atomic E-state index is 12.7. The zero-order valence-corrected chi connectivity index (χ0v) is 14.9. The van der Waals surface area contributed by atoms with E-state index >= 15 is 0 Å². The minimum Gasteiger partial charge on any atom is -0.493 e. The Hall–Kier alpha value is -2.82. The molecule has 0 aliphatic carbocycles. The first-order chi connectivity index (χ1) is 12.1. The van der Waals surface area contributed by atoms with Gasteiger partial charge in [0.2, 0.25) is 5.91 Å². The molecule has 25 heavy (non-hydrogen) atoms. The van der Waals surface area contributed by atoms with Crippen molar-refractivity contribution in [1.29, 1.82) is 0 Å². The molecule has 2 aromatic carbocycles. The Morgan fingerprint density at radius 3 is 2.32 bits per heavy atom. The van der Waals surface area contributed by atoms with Gasteiger partial charge in [0.25, 0.3) is 5.91 Å². The fraction of sp³-hybridized carbons (Fsp3) is 0.300. The topological polar surface area (TPSA) is 67.4 Å². The highest BCUT2D eigenvalue weighted by molar-refractivity contribution is 6.07. The van der Waals surface area contributed by atoms with Gasteiger partial charge in [0.15, 0.2) is 0 Å². The number of carbonyl (C=O) groups is 2. The average molecular weight is 340 g/mol. The summed E-state index contributed by atoms with van der Waals surface area (Å²) in [6.45, 7) is 6.23. The highest BCUT2D eigenvalue weighted by atomic mass is 16.5. The van der Waals surface area contributed by atoms with Crippen LogP contribution in [-0.4, -0.2) is 18.4 Å². The Labute approximate surface area is 148 Å². The predicted octanol–water partition coefficient (Wildman–Crippen LogP) is 4.38. The first-order valence-corrected chi connectivity index (χ1v) is 8.49. The van der Waals surface area contributed by atoms with Crippen molar-refractivity contribution >= 4 is 23.2 Å². The lowest BCUT2D eigenvalue weighted by Crippen LogP contribution is -2.16. The Bertz CT molecular complexity index is 756. The molecule has 0 fully saturated rings. The molecule has 0 spiro atoms. The first kappa shape index (κ1) is 18.5. The number of hydrogen-bond acceptors (Lipinski definition) is 3. The summed E-state index contributed by atoms with van der Waals surface area (Å²) in [5.74, 6) is 0.258. The summed E-state index contributed by atoms with van der Waals surface area (Å²) in [7, 11) is 0. The summed E-state index contributed by atoms with van der Waals surface area (Å²) in [5, 5.41) is 5.74. The highest BCUT2D eigenvalue weighted by Crippen LogP contribution is 2.25. The van der Waals surface area contributed by atoms with Gasteiger partial charge in [0, 0.05) is 17.8 Å². The molecule has 2 amide bonds. The molecule has 5 heteroatoms. The number of ether oxygens (including phenoxy) is 1. The predicted molar refractivity (Wildman–Crippen MR) is 100 cm³/mol. The molecule has 132 valence electrons. The second kappa shape index (κ2) is 8.87. The maximum Gasteiger partial charge on any atom is 0.259 e. The Balaban J connectivity index is 2.21. The van der Waals surface area contributed by atoms with Crippen molar-refractivity contribution in [2.75, 3.05) is 17.2 Å². The van der Waals surface area contributed by atoms with Crippen LogP contribution in [0.1, 0.15) is 42.6 Å². The van der Waals surface area contributed by atoms with Crippen LogP contribution >= 0.6 is 0 Å². The van der Waals surface area contributed by atoms with Crippen molar-refractivity contribution in [1.82, 2.24) is 0 Å². The summed E-state index contributed by atoms with van der Waals surface area (Å²) in [4.78, 5) is 24.3. The second-order valence-corrected chi connectivity index (χ2v) is 5.68. The third-order valence-electron chi connectivity index (χ3n) is 3.77. The van der Waals surface area contributed by atoms with Gasteiger partial charge in [-0.1, -0.05) is 32.0 Å². The SMILES string of the molecule is CCCOc1ccccc1C(=O)Nc1cccc(NC(=O)CC)c1C. The molecule has 0 unspecified atom stereocenters. The van der Waals surface area contributed by atoms with Crippen LogP contribution < -0.4 is 15.4 Å². The molecular weight excluding hydrogens is 316 g/mol. The standard InChI is InChI=1S/C20H24N2O3/c1-4-13-25-18-12-7-6-9-15(18)20(24)22-17-11-8-10-16(14(17)3)21-19(23)5-2/h6-12H,4-5,13H2,1-3H3,(H,21,23)(H,22,24). The normalized spacial score (nSPS) is 10.2. The molecule has 0 heterocycles. The van der Waals surface area contributed by atoms with E-state index in [1.54, 1.807) is 31.2 Å². The Morgan fingerprint density at radius 1 is 0.960 bits per heavy atom. The van der Waals surface area contributed by atoms with Crippen LogP contribution in [-0.2, 0) is 4.79 Å². The molecule has 2 rings (SSSR count). The second-order valence-electron chi connectivity index (χ2n) is 5.68. The van der Waals surface area contributed by atoms with Gasteiger partial charge < -0.3 is 15.4 Å². The lowest BCUT2D eigenvalue weighted by Gasteiger charge is -2.15. The molecule has 5 nitrogen and oxygen atoms in total. The first-order valence-electron chi connectivity index (χ1n) is 8.49. The zero-order valence-electron chi connectivity index (χ0n) is 14.9. The van der Waals surface area contributed by atoms with Gasteiger partial charge in [-0.2, -0.15) is 0 Å². The highest BCUT2D eigenvalue weighted by Gasteiger charge is 2.14. The summed E-state index contributed by atoms with van der Waals surface area (Å²) >= 11 is 0. The molecule has 0 bridgehead atoms. The van der Waals surface area contributed by atoms with Crippen LogP contribution in [0, 0.1) is 6.92 Å². The van der Waals surface area contributed by atoms with E-state index in [4.69, 9.17) is 4.74 Å². The van der Waals surface area contributed by atoms with Gasteiger partial charge >= 0.3 is 0 Å². The van der Waals surface area contributed by atoms with E-state index in [9.17, 15) is 9.59 Å². The van der Waals surface area contributed by atoms with Gasteiger partial charge in [0.1, 0.15) is 5.75 Å². The largest absolute Gasteiger partial charge is 0.493 e. The molecule has 2 N–H and O–H groups in total. The minimum absolute atomic E-state index is 0.0649. The van der Waals surface area contributed by atoms with Crippen LogP contribution in [0.2, 0.25) is 0 Å². The van der Waals surface area contributed by atoms with E-state index in [2.05, 4.69) is 10.6 Å². The van der Waals surface area contributed by atoms with Crippen molar-refractivity contribution in [3.05, 3.63) is 53.6 Å². The monoisotopic (exact) mass is 340 g/mol. The van der Waals surface area contributed by atoms with Gasteiger partial charge in [-0.15, -0.1) is 0 Å². The average Bonchev–Trinajstić information content (AvgIpc) is 2.63. The fourth-order valence-corrected chi connectivity index (χ4v) is 2.33. The number of rotatable bonds is 7. The number of benzene rings is 2. The van der Waals surface area contributed by atoms with E-state index in [1.165, 1.54) is 0 Å². The smallest absolute Gasteiger partial charge is 0.259 e. The number of carbonyl (C=O) groups excluding carboxylic acids is 2. The fourth-order valence-electron chi connectivity index (χ4n) is 2.33. The molecule has 0 aliphatic heterocycles. The van der Waals surface area contributed by atoms with Gasteiger partial charge in [0.05, 0.1) is 12.2 Å². The van der Waals surface area contributed by atoms with Crippen molar-refractivity contribution in [2.24, 2.45) is 0 Å². The van der Waals surface area contributed by atoms with Crippen LogP contribution in [0.5, 0.6) is 5.75 Å². The van der Waals surface area contributed by atoms with Crippen molar-refractivity contribution < 1.29 is 14.3 Å². The van der Waals surface area contributed by atoms with E-state index in [-0.39, 0.29) is 11.8 Å². The minimum atomic E-state index is -0.242. The third-order valence-corrected chi connectivity index (χ3v) is 3.77. The van der Waals surface area contributed by atoms with Gasteiger partial charge in [-0.25, -0.2) is 0 Å². The summed E-state index contributed by atoms with van der Waals surface area (Å²) < 4.78 is 5.65. The van der Waals surface area contributed by atoms with Crippen molar-refractivity contribution in [3.63, 3.8) is 0 Å². The quantitative estimate of drug-likeness (QED) is 0.786. The van der Waals surface area contributed by atoms with Gasteiger partial charge in [-0.05, 0) is 43.2 Å². The molecule has 0 atom stereocenters. The van der Waals surface area contributed by atoms with Crippen molar-refractivity contribution in [2.45, 2.75) is 33.6 Å². The third kappa shape index (κ3) is 4.83. The lowest BCUT2D eigenvalue weighted by molar-refractivity contribution is -0.115. The molecular formula is C20H24N2O3. The maximum absolute atomic E-state index is 12.7. The van der Waals surface area contributed by atoms with E-state index in [0.717, 1.165) is 12.0 Å². The summed E-state index contributed by atoms with van der Waals surface area (Å²) in [6, 6.07) is 12.6. The Morgan fingerprint density at radius 2 is 1.64 bits per heavy atom. The van der Waals surface area contributed by atoms with E-state index in [0.29, 0.717) is 35.7 Å². The molecule has 0 radical (unpaired) electrons. The van der Waals surface area contributed by atoms with Crippen LogP contribution in [0.25, 0.3) is 0 Å². The molecule has 2 aromatic rings. The molecule has 0 aliphatic rings. The summed E-state index contributed by atoms with van der Waals surface area (Å²) in [5.41, 5.74) is 2.65. The van der Waals surface area contributed by atoms with Gasteiger partial charge in [-0.3, -0.25) is 9.59 Å². The van der Waals surface area contributed by atoms with Crippen LogP contribution in [0.4, 0.5) is 11.4 Å². The molecule has 0 saturated carbocycles. The molecule has 0 aromatic heterocycles. The lowest BCUT2D eigenvalue weighted by atomic mass is 10.1. The summed E-state index contributed by atoms with van der Waals surface area (Å²) in [6.07, 6.45) is 1.27. The number of hydrogen-bond donors (Lipinski definition) is 2.